The summed E-state index contributed by atoms with van der Waals surface area (Å²) in [6, 6.07) is 10.7. The number of benzene rings is 1. The monoisotopic (exact) mass is 223 g/mol. The number of hydrogen-bond acceptors (Lipinski definition) is 0. The molecule has 0 heterocycles. The van der Waals surface area contributed by atoms with Gasteiger partial charge in [0.1, 0.15) is 0 Å². The van der Waals surface area contributed by atoms with Gasteiger partial charge in [0, 0.05) is 0 Å². The van der Waals surface area contributed by atoms with Crippen LogP contribution in [0.15, 0.2) is 60.2 Å². The van der Waals surface area contributed by atoms with E-state index in [4.69, 9.17) is 0 Å². The number of hydrogen-bond donors (Lipinski definition) is 0. The molecule has 1 aromatic carbocycles. The molecule has 0 heteroatoms. The second-order valence-electron chi connectivity index (χ2n) is 4.31. The number of rotatable bonds is 4. The Hall–Kier alpha value is -1.69. The van der Waals surface area contributed by atoms with Gasteiger partial charge in [-0.2, -0.15) is 0 Å². The molecule has 17 heavy (non-hydrogen) atoms. The maximum absolute atomic E-state index is 2.24. The van der Waals surface area contributed by atoms with Crippen molar-refractivity contribution in [3.05, 3.63) is 72.2 Å². The first kappa shape index (κ1) is 11.8. The molecule has 0 radical (unpaired) electrons. The van der Waals surface area contributed by atoms with Crippen molar-refractivity contribution in [2.45, 2.75) is 26.2 Å². The fourth-order valence-electron chi connectivity index (χ4n) is 2.09. The van der Waals surface area contributed by atoms with Crippen molar-refractivity contribution < 1.29 is 0 Å². The molecular formula is C17H19-. The maximum atomic E-state index is 2.24. The second-order valence-corrected chi connectivity index (χ2v) is 4.31. The Bertz CT molecular complexity index is 432. The van der Waals surface area contributed by atoms with Crippen LogP contribution in [0, 0.1) is 6.42 Å². The van der Waals surface area contributed by atoms with Gasteiger partial charge in [-0.3, -0.25) is 0 Å². The van der Waals surface area contributed by atoms with E-state index < -0.39 is 0 Å². The maximum Gasteiger partial charge on any atom is -0.0566 e. The highest BCUT2D eigenvalue weighted by atomic mass is 14.1. The van der Waals surface area contributed by atoms with Gasteiger partial charge >= 0.3 is 0 Å². The van der Waals surface area contributed by atoms with Crippen molar-refractivity contribution in [2.24, 2.45) is 0 Å². The SMILES string of the molecule is CCCCC(=C1C=CC=C[CH-]1)c1ccccc1. The predicted molar refractivity (Wildman–Crippen MR) is 75.5 cm³/mol. The highest BCUT2D eigenvalue weighted by Crippen LogP contribution is 2.28. The lowest BCUT2D eigenvalue weighted by Gasteiger charge is -2.20. The van der Waals surface area contributed by atoms with E-state index in [-0.39, 0.29) is 0 Å². The van der Waals surface area contributed by atoms with Gasteiger partial charge in [0.25, 0.3) is 0 Å². The summed E-state index contributed by atoms with van der Waals surface area (Å²) in [5.41, 5.74) is 4.17. The fourth-order valence-corrected chi connectivity index (χ4v) is 2.09. The largest absolute Gasteiger partial charge is 0.145 e. The van der Waals surface area contributed by atoms with Crippen LogP contribution < -0.4 is 0 Å². The van der Waals surface area contributed by atoms with E-state index in [2.05, 4.69) is 68.0 Å². The Labute approximate surface area is 104 Å². The topological polar surface area (TPSA) is 0 Å². The zero-order chi connectivity index (χ0) is 11.9. The van der Waals surface area contributed by atoms with Crippen LogP contribution in [-0.4, -0.2) is 0 Å². The minimum absolute atomic E-state index is 1.16. The molecule has 1 aliphatic rings. The van der Waals surface area contributed by atoms with Gasteiger partial charge in [0.2, 0.25) is 0 Å². The van der Waals surface area contributed by atoms with Crippen LogP contribution in [0.1, 0.15) is 31.7 Å². The normalized spacial score (nSPS) is 16.8. The molecule has 0 fully saturated rings. The Balaban J connectivity index is 2.31. The lowest BCUT2D eigenvalue weighted by atomic mass is 9.92. The zero-order valence-corrected chi connectivity index (χ0v) is 10.4. The van der Waals surface area contributed by atoms with Crippen molar-refractivity contribution >= 4 is 5.57 Å². The van der Waals surface area contributed by atoms with Gasteiger partial charge in [0.15, 0.2) is 0 Å². The van der Waals surface area contributed by atoms with Crippen LogP contribution in [0.3, 0.4) is 0 Å². The fraction of sp³-hybridized carbons (Fsp3) is 0.235. The molecule has 0 aromatic heterocycles. The third-order valence-electron chi connectivity index (χ3n) is 3.02. The van der Waals surface area contributed by atoms with E-state index in [1.807, 2.05) is 0 Å². The third-order valence-corrected chi connectivity index (χ3v) is 3.02. The predicted octanol–water partition coefficient (Wildman–Crippen LogP) is 4.96. The van der Waals surface area contributed by atoms with E-state index in [1.54, 1.807) is 0 Å². The van der Waals surface area contributed by atoms with Gasteiger partial charge in [-0.25, -0.2) is 0 Å². The lowest BCUT2D eigenvalue weighted by molar-refractivity contribution is 0.822. The summed E-state index contributed by atoms with van der Waals surface area (Å²) < 4.78 is 0. The van der Waals surface area contributed by atoms with E-state index in [0.29, 0.717) is 0 Å². The highest BCUT2D eigenvalue weighted by molar-refractivity contribution is 5.74. The summed E-state index contributed by atoms with van der Waals surface area (Å²) in [5, 5.41) is 0. The molecular weight excluding hydrogens is 204 g/mol. The summed E-state index contributed by atoms with van der Waals surface area (Å²) in [7, 11) is 0. The molecule has 1 aromatic rings. The van der Waals surface area contributed by atoms with Crippen LogP contribution in [-0.2, 0) is 0 Å². The van der Waals surface area contributed by atoms with Gasteiger partial charge in [-0.1, -0.05) is 62.1 Å². The van der Waals surface area contributed by atoms with Crippen LogP contribution >= 0.6 is 0 Å². The Morgan fingerprint density at radius 1 is 1.12 bits per heavy atom. The Morgan fingerprint density at radius 3 is 2.59 bits per heavy atom. The smallest absolute Gasteiger partial charge is 0.0566 e. The first-order valence-corrected chi connectivity index (χ1v) is 6.38. The molecule has 0 aliphatic heterocycles. The second kappa shape index (κ2) is 6.15. The number of unbranched alkanes of at least 4 members (excludes halogenated alkanes) is 1. The quantitative estimate of drug-likeness (QED) is 0.633. The van der Waals surface area contributed by atoms with Crippen molar-refractivity contribution in [1.82, 2.24) is 0 Å². The summed E-state index contributed by atoms with van der Waals surface area (Å²) in [4.78, 5) is 0. The van der Waals surface area contributed by atoms with Crippen molar-refractivity contribution in [1.29, 1.82) is 0 Å². The third kappa shape index (κ3) is 3.13. The van der Waals surface area contributed by atoms with Crippen LogP contribution in [0.2, 0.25) is 0 Å². The molecule has 0 unspecified atom stereocenters. The van der Waals surface area contributed by atoms with E-state index in [0.717, 1.165) is 6.42 Å². The first-order valence-electron chi connectivity index (χ1n) is 6.38. The number of allylic oxidation sites excluding steroid dienone is 6. The van der Waals surface area contributed by atoms with Gasteiger partial charge < -0.3 is 0 Å². The summed E-state index contributed by atoms with van der Waals surface area (Å²) >= 11 is 0. The molecule has 1 aliphatic carbocycles. The molecule has 0 saturated carbocycles. The van der Waals surface area contributed by atoms with E-state index in [9.17, 15) is 0 Å². The lowest BCUT2D eigenvalue weighted by Crippen LogP contribution is -1.93. The molecule has 0 N–H and O–H groups in total. The van der Waals surface area contributed by atoms with E-state index in [1.165, 1.54) is 29.6 Å². The molecule has 0 atom stereocenters. The molecule has 0 amide bonds. The summed E-state index contributed by atoms with van der Waals surface area (Å²) in [6.07, 6.45) is 14.4. The van der Waals surface area contributed by atoms with Gasteiger partial charge in [-0.05, 0) is 0 Å². The average Bonchev–Trinajstić information content (AvgIpc) is 2.42. The van der Waals surface area contributed by atoms with Crippen LogP contribution in [0.4, 0.5) is 0 Å². The van der Waals surface area contributed by atoms with Gasteiger partial charge in [-0.15, -0.1) is 41.9 Å². The van der Waals surface area contributed by atoms with E-state index >= 15 is 0 Å². The van der Waals surface area contributed by atoms with Crippen molar-refractivity contribution in [3.8, 4) is 0 Å². The highest BCUT2D eigenvalue weighted by Gasteiger charge is 2.01. The Kier molecular flexibility index (Phi) is 4.26. The van der Waals surface area contributed by atoms with Gasteiger partial charge in [0.05, 0.1) is 0 Å². The Morgan fingerprint density at radius 2 is 1.94 bits per heavy atom. The molecule has 0 saturated heterocycles. The minimum atomic E-state index is 1.16. The molecule has 88 valence electrons. The minimum Gasteiger partial charge on any atom is -0.145 e. The zero-order valence-electron chi connectivity index (χ0n) is 10.4. The van der Waals surface area contributed by atoms with Crippen molar-refractivity contribution in [2.75, 3.05) is 0 Å². The molecule has 2 rings (SSSR count). The first-order chi connectivity index (χ1) is 8.42. The van der Waals surface area contributed by atoms with Crippen LogP contribution in [0.5, 0.6) is 0 Å². The van der Waals surface area contributed by atoms with Crippen molar-refractivity contribution in [3.63, 3.8) is 0 Å². The van der Waals surface area contributed by atoms with Crippen LogP contribution in [0.25, 0.3) is 5.57 Å². The molecule has 0 nitrogen and oxygen atoms in total. The average molecular weight is 223 g/mol. The standard InChI is InChI=1S/C17H19/c1-2-3-14-17(15-10-6-4-7-11-15)16-12-8-5-9-13-16/h4-13H,2-3,14H2,1H3/q-1. The summed E-state index contributed by atoms with van der Waals surface area (Å²) in [5.74, 6) is 0. The molecule has 0 bridgehead atoms. The molecule has 0 spiro atoms. The summed E-state index contributed by atoms with van der Waals surface area (Å²) in [6.45, 7) is 2.24.